The van der Waals surface area contributed by atoms with Crippen molar-refractivity contribution < 1.29 is 0 Å². The third-order valence-electron chi connectivity index (χ3n) is 2.20. The van der Waals surface area contributed by atoms with Crippen LogP contribution in [0.4, 0.5) is 11.6 Å². The van der Waals surface area contributed by atoms with Crippen molar-refractivity contribution in [2.75, 3.05) is 35.7 Å². The largest absolute Gasteiger partial charge is 0.369 e. The van der Waals surface area contributed by atoms with Crippen molar-refractivity contribution >= 4 is 39.3 Å². The van der Waals surface area contributed by atoms with E-state index < -0.39 is 0 Å². The van der Waals surface area contributed by atoms with Crippen molar-refractivity contribution in [3.63, 3.8) is 0 Å². The Labute approximate surface area is 116 Å². The maximum absolute atomic E-state index is 4.22. The topological polar surface area (TPSA) is 49.8 Å². The molecule has 17 heavy (non-hydrogen) atoms. The second kappa shape index (κ2) is 8.58. The molecule has 96 valence electrons. The SMILES string of the molecule is CCNc1ncnc(NCCCCSC)c1Br. The third-order valence-corrected chi connectivity index (χ3v) is 3.65. The van der Waals surface area contributed by atoms with Gasteiger partial charge in [-0.1, -0.05) is 0 Å². The van der Waals surface area contributed by atoms with Crippen LogP contribution in [0.25, 0.3) is 0 Å². The first-order chi connectivity index (χ1) is 8.29. The highest BCUT2D eigenvalue weighted by molar-refractivity contribution is 9.10. The lowest BCUT2D eigenvalue weighted by molar-refractivity contribution is 0.838. The highest BCUT2D eigenvalue weighted by atomic mass is 79.9. The molecule has 6 heteroatoms. The van der Waals surface area contributed by atoms with Gasteiger partial charge in [-0.3, -0.25) is 0 Å². The number of halogens is 1. The third kappa shape index (κ3) is 5.12. The van der Waals surface area contributed by atoms with Crippen LogP contribution in [0.5, 0.6) is 0 Å². The minimum absolute atomic E-state index is 0.842. The number of anilines is 2. The second-order valence-electron chi connectivity index (χ2n) is 3.54. The van der Waals surface area contributed by atoms with E-state index in [0.717, 1.165) is 35.6 Å². The molecule has 1 heterocycles. The van der Waals surface area contributed by atoms with Crippen LogP contribution < -0.4 is 10.6 Å². The fourth-order valence-electron chi connectivity index (χ4n) is 1.36. The summed E-state index contributed by atoms with van der Waals surface area (Å²) in [6, 6.07) is 0. The predicted molar refractivity (Wildman–Crippen MR) is 80.0 cm³/mol. The zero-order valence-electron chi connectivity index (χ0n) is 10.3. The fraction of sp³-hybridized carbons (Fsp3) is 0.636. The Morgan fingerprint density at radius 3 is 2.59 bits per heavy atom. The van der Waals surface area contributed by atoms with E-state index >= 15 is 0 Å². The molecule has 0 unspecified atom stereocenters. The van der Waals surface area contributed by atoms with Gasteiger partial charge >= 0.3 is 0 Å². The second-order valence-corrected chi connectivity index (χ2v) is 5.32. The van der Waals surface area contributed by atoms with Crippen LogP contribution in [0, 0.1) is 0 Å². The summed E-state index contributed by atoms with van der Waals surface area (Å²) in [5.41, 5.74) is 0. The van der Waals surface area contributed by atoms with Crippen LogP contribution in [0.3, 0.4) is 0 Å². The van der Waals surface area contributed by atoms with Crippen molar-refractivity contribution in [1.29, 1.82) is 0 Å². The van der Waals surface area contributed by atoms with Gasteiger partial charge in [0.05, 0.1) is 0 Å². The predicted octanol–water partition coefficient (Wildman–Crippen LogP) is 3.23. The van der Waals surface area contributed by atoms with Crippen LogP contribution in [0.1, 0.15) is 19.8 Å². The minimum Gasteiger partial charge on any atom is -0.369 e. The normalized spacial score (nSPS) is 10.3. The lowest BCUT2D eigenvalue weighted by Crippen LogP contribution is -2.07. The van der Waals surface area contributed by atoms with Gasteiger partial charge in [-0.15, -0.1) is 0 Å². The van der Waals surface area contributed by atoms with Gasteiger partial charge in [-0.2, -0.15) is 11.8 Å². The summed E-state index contributed by atoms with van der Waals surface area (Å²) in [7, 11) is 0. The summed E-state index contributed by atoms with van der Waals surface area (Å²) in [4.78, 5) is 8.40. The summed E-state index contributed by atoms with van der Waals surface area (Å²) in [5.74, 6) is 2.92. The summed E-state index contributed by atoms with van der Waals surface area (Å²) < 4.78 is 0.909. The van der Waals surface area contributed by atoms with Gasteiger partial charge in [-0.25, -0.2) is 9.97 Å². The van der Waals surface area contributed by atoms with Crippen molar-refractivity contribution in [3.8, 4) is 0 Å². The zero-order valence-corrected chi connectivity index (χ0v) is 12.7. The van der Waals surface area contributed by atoms with Crippen molar-refractivity contribution in [3.05, 3.63) is 10.8 Å². The molecule has 0 aliphatic rings. The molecule has 0 amide bonds. The molecule has 1 rings (SSSR count). The highest BCUT2D eigenvalue weighted by Gasteiger charge is 2.06. The number of nitrogens with zero attached hydrogens (tertiary/aromatic N) is 2. The number of thioether (sulfide) groups is 1. The van der Waals surface area contributed by atoms with E-state index in [9.17, 15) is 0 Å². The number of rotatable bonds is 8. The summed E-state index contributed by atoms with van der Waals surface area (Å²) in [6.07, 6.45) is 6.11. The van der Waals surface area contributed by atoms with Crippen molar-refractivity contribution in [1.82, 2.24) is 9.97 Å². The average Bonchev–Trinajstić information content (AvgIpc) is 2.33. The standard InChI is InChI=1S/C11H19BrN4S/c1-3-13-10-9(12)11(16-8-15-10)14-6-4-5-7-17-2/h8H,3-7H2,1-2H3,(H2,13,14,15,16). The summed E-state index contributed by atoms with van der Waals surface area (Å²) >= 11 is 5.40. The van der Waals surface area contributed by atoms with E-state index in [1.54, 1.807) is 6.33 Å². The fourth-order valence-corrected chi connectivity index (χ4v) is 2.34. The molecule has 0 aliphatic heterocycles. The molecule has 1 aromatic rings. The Morgan fingerprint density at radius 2 is 1.94 bits per heavy atom. The molecule has 0 radical (unpaired) electrons. The van der Waals surface area contributed by atoms with Crippen LogP contribution in [0.2, 0.25) is 0 Å². The average molecular weight is 319 g/mol. The van der Waals surface area contributed by atoms with Gasteiger partial charge in [0.1, 0.15) is 22.4 Å². The number of unbranched alkanes of at least 4 members (excludes halogenated alkanes) is 1. The maximum Gasteiger partial charge on any atom is 0.145 e. The zero-order chi connectivity index (χ0) is 12.5. The summed E-state index contributed by atoms with van der Waals surface area (Å²) in [6.45, 7) is 3.84. The van der Waals surface area contributed by atoms with Crippen LogP contribution >= 0.6 is 27.7 Å². The molecule has 1 aromatic heterocycles. The van der Waals surface area contributed by atoms with E-state index in [1.807, 2.05) is 18.7 Å². The van der Waals surface area contributed by atoms with Gasteiger partial charge < -0.3 is 10.6 Å². The van der Waals surface area contributed by atoms with E-state index in [0.29, 0.717) is 0 Å². The van der Waals surface area contributed by atoms with Crippen molar-refractivity contribution in [2.24, 2.45) is 0 Å². The molecule has 0 atom stereocenters. The molecule has 0 aromatic carbocycles. The summed E-state index contributed by atoms with van der Waals surface area (Å²) in [5, 5.41) is 6.51. The van der Waals surface area contributed by atoms with E-state index in [4.69, 9.17) is 0 Å². The quantitative estimate of drug-likeness (QED) is 0.721. The van der Waals surface area contributed by atoms with E-state index in [1.165, 1.54) is 12.2 Å². The number of hydrogen-bond acceptors (Lipinski definition) is 5. The van der Waals surface area contributed by atoms with Gasteiger partial charge in [0.2, 0.25) is 0 Å². The Kier molecular flexibility index (Phi) is 7.35. The first-order valence-corrected chi connectivity index (χ1v) is 7.95. The number of aromatic nitrogens is 2. The Hall–Kier alpha value is -0.490. The molecule has 0 bridgehead atoms. The number of hydrogen-bond donors (Lipinski definition) is 2. The van der Waals surface area contributed by atoms with E-state index in [2.05, 4.69) is 42.8 Å². The van der Waals surface area contributed by atoms with Crippen LogP contribution in [-0.2, 0) is 0 Å². The minimum atomic E-state index is 0.842. The van der Waals surface area contributed by atoms with Gasteiger partial charge in [0.25, 0.3) is 0 Å². The van der Waals surface area contributed by atoms with Crippen LogP contribution in [-0.4, -0.2) is 35.1 Å². The Morgan fingerprint density at radius 1 is 1.24 bits per heavy atom. The first-order valence-electron chi connectivity index (χ1n) is 5.76. The molecule has 2 N–H and O–H groups in total. The lowest BCUT2D eigenvalue weighted by Gasteiger charge is -2.10. The van der Waals surface area contributed by atoms with Gasteiger partial charge in [0.15, 0.2) is 0 Å². The van der Waals surface area contributed by atoms with Gasteiger partial charge in [0, 0.05) is 13.1 Å². The van der Waals surface area contributed by atoms with Crippen molar-refractivity contribution in [2.45, 2.75) is 19.8 Å². The lowest BCUT2D eigenvalue weighted by atomic mass is 10.3. The molecule has 0 saturated heterocycles. The van der Waals surface area contributed by atoms with Crippen LogP contribution in [0.15, 0.2) is 10.8 Å². The Balaban J connectivity index is 2.44. The molecule has 0 fully saturated rings. The van der Waals surface area contributed by atoms with E-state index in [-0.39, 0.29) is 0 Å². The molecular formula is C11H19BrN4S. The molecule has 0 aliphatic carbocycles. The highest BCUT2D eigenvalue weighted by Crippen LogP contribution is 2.26. The van der Waals surface area contributed by atoms with Gasteiger partial charge in [-0.05, 0) is 47.7 Å². The Bertz CT molecular complexity index is 335. The smallest absolute Gasteiger partial charge is 0.145 e. The first kappa shape index (κ1) is 14.6. The number of nitrogens with one attached hydrogen (secondary N) is 2. The molecular weight excluding hydrogens is 300 g/mol. The molecule has 0 spiro atoms. The monoisotopic (exact) mass is 318 g/mol. The molecule has 4 nitrogen and oxygen atoms in total. The molecule has 0 saturated carbocycles. The maximum atomic E-state index is 4.22.